The molecule has 0 fully saturated rings. The predicted molar refractivity (Wildman–Crippen MR) is 148 cm³/mol. The van der Waals surface area contributed by atoms with Crippen LogP contribution in [-0.4, -0.2) is 91.3 Å². The quantitative estimate of drug-likeness (QED) is 0.126. The van der Waals surface area contributed by atoms with E-state index in [1.54, 1.807) is 0 Å². The zero-order chi connectivity index (χ0) is 28.1. The van der Waals surface area contributed by atoms with Gasteiger partial charge in [-0.05, 0) is 12.0 Å². The minimum Gasteiger partial charge on any atom is -0.463 e. The Bertz CT molecular complexity index is 691. The summed E-state index contributed by atoms with van der Waals surface area (Å²) in [6, 6.07) is 9.50. The van der Waals surface area contributed by atoms with Gasteiger partial charge in [0, 0.05) is 13.0 Å². The van der Waals surface area contributed by atoms with Crippen LogP contribution in [0.5, 0.6) is 0 Å². The molecule has 0 bridgehead atoms. The summed E-state index contributed by atoms with van der Waals surface area (Å²) in [7, 11) is 0. The molecule has 10 nitrogen and oxygen atoms in total. The van der Waals surface area contributed by atoms with Crippen molar-refractivity contribution >= 4 is 12.1 Å². The minimum atomic E-state index is -0.469. The SMILES string of the molecule is CCCCCCCCC(=O)OCCOCCOCCOCCOCCOCCNC(=O)OCc1ccccc1. The number of unbranched alkanes of at least 4 members (excludes halogenated alkanes) is 5. The van der Waals surface area contributed by atoms with E-state index in [1.807, 2.05) is 30.3 Å². The molecule has 0 unspecified atom stereocenters. The number of ether oxygens (including phenoxy) is 7. The molecular formula is C29H49NO9. The lowest BCUT2D eigenvalue weighted by Gasteiger charge is -2.09. The van der Waals surface area contributed by atoms with Crippen molar-refractivity contribution < 1.29 is 42.7 Å². The maximum atomic E-state index is 11.6. The van der Waals surface area contributed by atoms with Crippen molar-refractivity contribution in [3.63, 3.8) is 0 Å². The third-order valence-corrected chi connectivity index (χ3v) is 5.44. The molecule has 1 aromatic carbocycles. The van der Waals surface area contributed by atoms with Crippen LogP contribution in [0.25, 0.3) is 0 Å². The normalized spacial score (nSPS) is 10.9. The molecule has 0 aliphatic carbocycles. The van der Waals surface area contributed by atoms with E-state index in [4.69, 9.17) is 33.2 Å². The van der Waals surface area contributed by atoms with Gasteiger partial charge in [-0.1, -0.05) is 69.4 Å². The van der Waals surface area contributed by atoms with Gasteiger partial charge in [-0.15, -0.1) is 0 Å². The summed E-state index contributed by atoms with van der Waals surface area (Å²) in [5.74, 6) is -0.148. The standard InChI is InChI=1S/C29H49NO9/c1-2-3-4-5-6-10-13-28(31)38-25-24-37-23-22-36-21-20-35-19-18-34-17-16-33-15-14-30-29(32)39-26-27-11-8-7-9-12-27/h7-9,11-12H,2-6,10,13-26H2,1H3,(H,30,32). The first-order valence-corrected chi connectivity index (χ1v) is 14.2. The molecule has 1 rings (SSSR count). The zero-order valence-electron chi connectivity index (χ0n) is 23.7. The second kappa shape index (κ2) is 27.3. The van der Waals surface area contributed by atoms with Crippen molar-refractivity contribution in [1.82, 2.24) is 5.32 Å². The van der Waals surface area contributed by atoms with E-state index < -0.39 is 6.09 Å². The number of alkyl carbamates (subject to hydrolysis) is 1. The maximum absolute atomic E-state index is 11.6. The molecule has 10 heteroatoms. The number of carbonyl (C=O) groups is 2. The van der Waals surface area contributed by atoms with Crippen molar-refractivity contribution in [2.45, 2.75) is 58.5 Å². The highest BCUT2D eigenvalue weighted by Gasteiger charge is 2.03. The van der Waals surface area contributed by atoms with E-state index in [9.17, 15) is 9.59 Å². The maximum Gasteiger partial charge on any atom is 0.407 e. The fourth-order valence-electron chi connectivity index (χ4n) is 3.32. The molecule has 0 saturated carbocycles. The third kappa shape index (κ3) is 24.5. The van der Waals surface area contributed by atoms with Gasteiger partial charge >= 0.3 is 12.1 Å². The predicted octanol–water partition coefficient (Wildman–Crippen LogP) is 4.29. The smallest absolute Gasteiger partial charge is 0.407 e. The first-order valence-electron chi connectivity index (χ1n) is 14.2. The van der Waals surface area contributed by atoms with Crippen LogP contribution in [0.2, 0.25) is 0 Å². The van der Waals surface area contributed by atoms with Crippen molar-refractivity contribution in [3.8, 4) is 0 Å². The average molecular weight is 556 g/mol. The highest BCUT2D eigenvalue weighted by atomic mass is 16.6. The van der Waals surface area contributed by atoms with Gasteiger partial charge in [-0.25, -0.2) is 4.79 Å². The zero-order valence-corrected chi connectivity index (χ0v) is 23.7. The van der Waals surface area contributed by atoms with Crippen molar-refractivity contribution in [2.24, 2.45) is 0 Å². The van der Waals surface area contributed by atoms with Gasteiger partial charge in [0.05, 0.1) is 66.1 Å². The number of rotatable bonds is 27. The van der Waals surface area contributed by atoms with Crippen LogP contribution >= 0.6 is 0 Å². The number of amides is 1. The highest BCUT2D eigenvalue weighted by molar-refractivity contribution is 5.69. The highest BCUT2D eigenvalue weighted by Crippen LogP contribution is 2.07. The van der Waals surface area contributed by atoms with Gasteiger partial charge in [-0.3, -0.25) is 4.79 Å². The number of esters is 1. The molecule has 39 heavy (non-hydrogen) atoms. The van der Waals surface area contributed by atoms with Gasteiger partial charge in [-0.2, -0.15) is 0 Å². The summed E-state index contributed by atoms with van der Waals surface area (Å²) in [4.78, 5) is 23.2. The van der Waals surface area contributed by atoms with Gasteiger partial charge in [0.25, 0.3) is 0 Å². The minimum absolute atomic E-state index is 0.148. The second-order valence-electron chi connectivity index (χ2n) is 8.79. The summed E-state index contributed by atoms with van der Waals surface area (Å²) < 4.78 is 37.4. The fraction of sp³-hybridized carbons (Fsp3) is 0.724. The summed E-state index contributed by atoms with van der Waals surface area (Å²) in [5.41, 5.74) is 0.938. The first-order chi connectivity index (χ1) is 19.2. The largest absolute Gasteiger partial charge is 0.463 e. The van der Waals surface area contributed by atoms with Crippen molar-refractivity contribution in [2.75, 3.05) is 79.2 Å². The van der Waals surface area contributed by atoms with Gasteiger partial charge in [0.1, 0.15) is 13.2 Å². The lowest BCUT2D eigenvalue weighted by atomic mass is 10.1. The van der Waals surface area contributed by atoms with E-state index in [-0.39, 0.29) is 19.2 Å². The van der Waals surface area contributed by atoms with Crippen LogP contribution in [0, 0.1) is 0 Å². The van der Waals surface area contributed by atoms with Crippen LogP contribution in [0.1, 0.15) is 57.4 Å². The lowest BCUT2D eigenvalue weighted by molar-refractivity contribution is -0.145. The van der Waals surface area contributed by atoms with Gasteiger partial charge < -0.3 is 38.5 Å². The molecule has 1 aromatic rings. The fourth-order valence-corrected chi connectivity index (χ4v) is 3.32. The Morgan fingerprint density at radius 1 is 0.615 bits per heavy atom. The van der Waals surface area contributed by atoms with Crippen LogP contribution in [0.4, 0.5) is 4.79 Å². The molecule has 1 amide bonds. The van der Waals surface area contributed by atoms with Crippen LogP contribution in [0.3, 0.4) is 0 Å². The monoisotopic (exact) mass is 555 g/mol. The van der Waals surface area contributed by atoms with E-state index in [0.29, 0.717) is 79.0 Å². The van der Waals surface area contributed by atoms with E-state index in [1.165, 1.54) is 25.7 Å². The summed E-state index contributed by atoms with van der Waals surface area (Å²) in [6.07, 6.45) is 6.94. The number of nitrogens with one attached hydrogen (secondary N) is 1. The van der Waals surface area contributed by atoms with Crippen molar-refractivity contribution in [3.05, 3.63) is 35.9 Å². The van der Waals surface area contributed by atoms with Crippen LogP contribution < -0.4 is 5.32 Å². The lowest BCUT2D eigenvalue weighted by Crippen LogP contribution is -2.28. The Hall–Kier alpha value is -2.24. The Morgan fingerprint density at radius 2 is 1.13 bits per heavy atom. The Morgan fingerprint density at radius 3 is 1.72 bits per heavy atom. The third-order valence-electron chi connectivity index (χ3n) is 5.44. The number of hydrogen-bond acceptors (Lipinski definition) is 9. The summed E-state index contributed by atoms with van der Waals surface area (Å²) in [5, 5.41) is 2.64. The average Bonchev–Trinajstić information content (AvgIpc) is 2.95. The molecule has 0 atom stereocenters. The van der Waals surface area contributed by atoms with Crippen LogP contribution in [-0.2, 0) is 44.6 Å². The van der Waals surface area contributed by atoms with Gasteiger partial charge in [0.15, 0.2) is 0 Å². The van der Waals surface area contributed by atoms with Crippen molar-refractivity contribution in [1.29, 1.82) is 0 Å². The van der Waals surface area contributed by atoms with Gasteiger partial charge in [0.2, 0.25) is 0 Å². The first kappa shape index (κ1) is 34.8. The second-order valence-corrected chi connectivity index (χ2v) is 8.79. The van der Waals surface area contributed by atoms with E-state index in [2.05, 4.69) is 12.2 Å². The Balaban J connectivity index is 1.71. The molecular weight excluding hydrogens is 506 g/mol. The number of carbonyl (C=O) groups excluding carboxylic acids is 2. The molecule has 0 aromatic heterocycles. The molecule has 0 radical (unpaired) electrons. The Kier molecular flexibility index (Phi) is 24.4. The molecule has 224 valence electrons. The van der Waals surface area contributed by atoms with E-state index in [0.717, 1.165) is 18.4 Å². The number of benzene rings is 1. The molecule has 0 aliphatic heterocycles. The number of hydrogen-bond donors (Lipinski definition) is 1. The summed E-state index contributed by atoms with van der Waals surface area (Å²) >= 11 is 0. The summed E-state index contributed by atoms with van der Waals surface area (Å²) in [6.45, 7) is 7.51. The van der Waals surface area contributed by atoms with E-state index >= 15 is 0 Å². The molecule has 0 saturated heterocycles. The molecule has 0 spiro atoms. The Labute approximate surface area is 233 Å². The van der Waals surface area contributed by atoms with Crippen LogP contribution in [0.15, 0.2) is 30.3 Å². The molecule has 0 aliphatic rings. The molecule has 0 heterocycles. The topological polar surface area (TPSA) is 111 Å². The molecule has 1 N–H and O–H groups in total.